The van der Waals surface area contributed by atoms with Crippen molar-refractivity contribution in [3.63, 3.8) is 0 Å². The van der Waals surface area contributed by atoms with Crippen LogP contribution in [0.2, 0.25) is 0 Å². The van der Waals surface area contributed by atoms with E-state index in [2.05, 4.69) is 0 Å². The van der Waals surface area contributed by atoms with Crippen LogP contribution in [0.1, 0.15) is 33.1 Å². The van der Waals surface area contributed by atoms with Gasteiger partial charge in [-0.2, -0.15) is 13.2 Å². The van der Waals surface area contributed by atoms with Gasteiger partial charge in [0, 0.05) is 19.3 Å². The first-order valence-corrected chi connectivity index (χ1v) is 7.99. The molecule has 1 aliphatic carbocycles. The van der Waals surface area contributed by atoms with Crippen LogP contribution in [0.15, 0.2) is 12.2 Å². The molecule has 2 aliphatic rings. The molecular weight excluding hydrogens is 327 g/mol. The van der Waals surface area contributed by atoms with Crippen molar-refractivity contribution in [3.8, 4) is 0 Å². The molecule has 24 heavy (non-hydrogen) atoms. The van der Waals surface area contributed by atoms with E-state index in [1.165, 1.54) is 12.2 Å². The number of carbonyl (C=O) groups excluding carboxylic acids is 1. The van der Waals surface area contributed by atoms with E-state index in [4.69, 9.17) is 4.74 Å². The number of carbonyl (C=O) groups is 2. The first-order valence-electron chi connectivity index (χ1n) is 7.99. The van der Waals surface area contributed by atoms with Crippen molar-refractivity contribution in [1.29, 1.82) is 0 Å². The van der Waals surface area contributed by atoms with Gasteiger partial charge in [0.1, 0.15) is 0 Å². The molecule has 0 aromatic rings. The number of carboxylic acids is 1. The number of hydrogen-bond donors (Lipinski definition) is 1. The van der Waals surface area contributed by atoms with Gasteiger partial charge in [0.2, 0.25) is 0 Å². The van der Waals surface area contributed by atoms with E-state index in [0.717, 1.165) is 4.90 Å². The van der Waals surface area contributed by atoms with Gasteiger partial charge in [-0.3, -0.25) is 9.59 Å². The Bertz CT molecular complexity index is 526. The number of amides is 1. The molecule has 2 atom stereocenters. The second-order valence-electron chi connectivity index (χ2n) is 6.68. The van der Waals surface area contributed by atoms with Gasteiger partial charge in [0.25, 0.3) is 0 Å². The summed E-state index contributed by atoms with van der Waals surface area (Å²) >= 11 is 0. The van der Waals surface area contributed by atoms with Crippen molar-refractivity contribution in [2.24, 2.45) is 11.3 Å². The highest BCUT2D eigenvalue weighted by atomic mass is 19.4. The van der Waals surface area contributed by atoms with Crippen LogP contribution < -0.4 is 0 Å². The molecule has 1 aliphatic heterocycles. The summed E-state index contributed by atoms with van der Waals surface area (Å²) in [5.41, 5.74) is -1.25. The number of carboxylic acid groups (broad SMARTS) is 1. The molecule has 1 amide bonds. The van der Waals surface area contributed by atoms with Crippen LogP contribution in [-0.2, 0) is 14.3 Å². The molecule has 0 aromatic carbocycles. The summed E-state index contributed by atoms with van der Waals surface area (Å²) in [5, 5.41) is 9.55. The smallest absolute Gasteiger partial charge is 0.471 e. The number of alkyl halides is 3. The maximum atomic E-state index is 13.1. The number of hydrogen-bond acceptors (Lipinski definition) is 3. The Hall–Kier alpha value is -1.57. The molecule has 0 spiro atoms. The largest absolute Gasteiger partial charge is 0.481 e. The van der Waals surface area contributed by atoms with Crippen molar-refractivity contribution in [3.05, 3.63) is 12.2 Å². The van der Waals surface area contributed by atoms with E-state index in [0.29, 0.717) is 12.8 Å². The molecule has 1 N–H and O–H groups in total. The fourth-order valence-corrected chi connectivity index (χ4v) is 3.49. The van der Waals surface area contributed by atoms with Crippen LogP contribution in [0.4, 0.5) is 13.2 Å². The number of halogens is 3. The van der Waals surface area contributed by atoms with Gasteiger partial charge in [-0.05, 0) is 25.2 Å². The average Bonchev–Trinajstić information content (AvgIpc) is 2.94. The highest BCUT2D eigenvalue weighted by Crippen LogP contribution is 2.43. The molecule has 1 heterocycles. The minimum Gasteiger partial charge on any atom is -0.481 e. The van der Waals surface area contributed by atoms with Gasteiger partial charge in [0.15, 0.2) is 0 Å². The van der Waals surface area contributed by atoms with E-state index in [1.54, 1.807) is 13.8 Å². The normalized spacial score (nSPS) is 28.3. The van der Waals surface area contributed by atoms with Gasteiger partial charge in [0.05, 0.1) is 11.5 Å². The lowest BCUT2D eigenvalue weighted by Gasteiger charge is -2.39. The zero-order chi connectivity index (χ0) is 18.1. The van der Waals surface area contributed by atoms with Gasteiger partial charge < -0.3 is 14.7 Å². The second kappa shape index (κ2) is 6.74. The highest BCUT2D eigenvalue weighted by Gasteiger charge is 2.52. The minimum atomic E-state index is -4.99. The fraction of sp³-hybridized carbons (Fsp3) is 0.750. The molecule has 0 bridgehead atoms. The molecular formula is C16H22F3NO4. The fourth-order valence-electron chi connectivity index (χ4n) is 3.49. The average molecular weight is 349 g/mol. The van der Waals surface area contributed by atoms with Crippen molar-refractivity contribution in [1.82, 2.24) is 4.90 Å². The molecule has 8 heteroatoms. The summed E-state index contributed by atoms with van der Waals surface area (Å²) in [7, 11) is 0. The van der Waals surface area contributed by atoms with Crippen molar-refractivity contribution < 1.29 is 32.6 Å². The SMILES string of the molecule is CC(C)[C@]1(C(=O)O)C=C[C@@H](N(C(=O)C(F)(F)F)C2CCOCC2)C1. The molecule has 136 valence electrons. The van der Waals surface area contributed by atoms with Crippen LogP contribution >= 0.6 is 0 Å². The summed E-state index contributed by atoms with van der Waals surface area (Å²) in [6.07, 6.45) is -1.52. The lowest BCUT2D eigenvalue weighted by Crippen LogP contribution is -2.53. The second-order valence-corrected chi connectivity index (χ2v) is 6.68. The van der Waals surface area contributed by atoms with Gasteiger partial charge in [-0.15, -0.1) is 0 Å². The van der Waals surface area contributed by atoms with E-state index in [9.17, 15) is 27.9 Å². The Morgan fingerprint density at radius 1 is 1.29 bits per heavy atom. The Labute approximate surface area is 138 Å². The first kappa shape index (κ1) is 18.8. The molecule has 0 unspecified atom stereocenters. The van der Waals surface area contributed by atoms with E-state index >= 15 is 0 Å². The summed E-state index contributed by atoms with van der Waals surface area (Å²) in [6, 6.07) is -1.47. The minimum absolute atomic E-state index is 0.0425. The zero-order valence-corrected chi connectivity index (χ0v) is 13.7. The summed E-state index contributed by atoms with van der Waals surface area (Å²) in [5.74, 6) is -3.29. The molecule has 1 saturated heterocycles. The van der Waals surface area contributed by atoms with Crippen molar-refractivity contribution >= 4 is 11.9 Å². The van der Waals surface area contributed by atoms with Crippen LogP contribution in [0.25, 0.3) is 0 Å². The Kier molecular flexibility index (Phi) is 5.27. The molecule has 1 fully saturated rings. The third-order valence-electron chi connectivity index (χ3n) is 5.01. The maximum Gasteiger partial charge on any atom is 0.471 e. The lowest BCUT2D eigenvalue weighted by molar-refractivity contribution is -0.191. The standard InChI is InChI=1S/C16H22F3NO4/c1-10(2)15(14(22)23)6-3-12(9-15)20(13(21)16(17,18)19)11-4-7-24-8-5-11/h3,6,10-12H,4-5,7-9H2,1-2H3,(H,22,23)/t12-,15+/m1/s1. The molecule has 0 radical (unpaired) electrons. The van der Waals surface area contributed by atoms with Crippen LogP contribution in [-0.4, -0.2) is 53.4 Å². The zero-order valence-electron chi connectivity index (χ0n) is 13.7. The molecule has 0 saturated carbocycles. The summed E-state index contributed by atoms with van der Waals surface area (Å²) < 4.78 is 44.3. The Morgan fingerprint density at radius 3 is 2.29 bits per heavy atom. The first-order chi connectivity index (χ1) is 11.1. The Balaban J connectivity index is 2.30. The molecule has 5 nitrogen and oxygen atoms in total. The molecule has 2 rings (SSSR count). The Morgan fingerprint density at radius 2 is 1.88 bits per heavy atom. The van der Waals surface area contributed by atoms with Crippen LogP contribution in [0.3, 0.4) is 0 Å². The third kappa shape index (κ3) is 3.43. The summed E-state index contributed by atoms with van der Waals surface area (Å²) in [4.78, 5) is 24.5. The van der Waals surface area contributed by atoms with E-state index in [-0.39, 0.29) is 25.6 Å². The third-order valence-corrected chi connectivity index (χ3v) is 5.01. The monoisotopic (exact) mass is 349 g/mol. The number of rotatable bonds is 4. The van der Waals surface area contributed by atoms with Gasteiger partial charge >= 0.3 is 18.1 Å². The van der Waals surface area contributed by atoms with Gasteiger partial charge in [-0.25, -0.2) is 0 Å². The number of nitrogens with zero attached hydrogens (tertiary/aromatic N) is 1. The number of ether oxygens (including phenoxy) is 1. The maximum absolute atomic E-state index is 13.1. The number of aliphatic carboxylic acids is 1. The molecule has 0 aromatic heterocycles. The predicted molar refractivity (Wildman–Crippen MR) is 79.2 cm³/mol. The quantitative estimate of drug-likeness (QED) is 0.793. The van der Waals surface area contributed by atoms with Crippen molar-refractivity contribution in [2.45, 2.75) is 51.4 Å². The van der Waals surface area contributed by atoms with Crippen LogP contribution in [0.5, 0.6) is 0 Å². The lowest BCUT2D eigenvalue weighted by atomic mass is 9.76. The van der Waals surface area contributed by atoms with Crippen LogP contribution in [0, 0.1) is 11.3 Å². The highest BCUT2D eigenvalue weighted by molar-refractivity contribution is 5.84. The predicted octanol–water partition coefficient (Wildman–Crippen LogP) is 2.61. The van der Waals surface area contributed by atoms with E-state index < -0.39 is 35.6 Å². The topological polar surface area (TPSA) is 66.8 Å². The van der Waals surface area contributed by atoms with E-state index in [1.807, 2.05) is 0 Å². The summed E-state index contributed by atoms with van der Waals surface area (Å²) in [6.45, 7) is 4.00. The van der Waals surface area contributed by atoms with Gasteiger partial charge in [-0.1, -0.05) is 26.0 Å². The van der Waals surface area contributed by atoms with Crippen molar-refractivity contribution in [2.75, 3.05) is 13.2 Å².